The molecule has 0 unspecified atom stereocenters. The van der Waals surface area contributed by atoms with Crippen LogP contribution in [0, 0.1) is 0 Å². The number of thiocarbonyl (C=S) groups is 1. The number of nitrogens with one attached hydrogen (secondary N) is 2. The van der Waals surface area contributed by atoms with Crippen molar-refractivity contribution >= 4 is 29.0 Å². The van der Waals surface area contributed by atoms with Crippen molar-refractivity contribution in [2.45, 2.75) is 37.7 Å². The van der Waals surface area contributed by atoms with E-state index in [1.54, 1.807) is 18.2 Å². The van der Waals surface area contributed by atoms with Gasteiger partial charge in [-0.25, -0.2) is 4.79 Å². The van der Waals surface area contributed by atoms with E-state index in [-0.39, 0.29) is 11.5 Å². The van der Waals surface area contributed by atoms with Crippen molar-refractivity contribution in [2.75, 3.05) is 18.4 Å². The highest BCUT2D eigenvalue weighted by Gasteiger charge is 2.53. The zero-order valence-corrected chi connectivity index (χ0v) is 21.1. The molecule has 0 bridgehead atoms. The number of anilines is 1. The van der Waals surface area contributed by atoms with Crippen molar-refractivity contribution in [1.29, 1.82) is 0 Å². The van der Waals surface area contributed by atoms with Crippen LogP contribution < -0.4 is 21.1 Å². The van der Waals surface area contributed by atoms with Crippen LogP contribution in [0.4, 0.5) is 5.69 Å². The molecule has 1 spiro atoms. The van der Waals surface area contributed by atoms with Gasteiger partial charge in [-0.05, 0) is 68.0 Å². The van der Waals surface area contributed by atoms with Gasteiger partial charge in [0.15, 0.2) is 10.7 Å². The van der Waals surface area contributed by atoms with E-state index in [1.165, 1.54) is 24.3 Å². The molecule has 2 heterocycles. The number of carbonyl (C=O) groups excluding carboxylic acids is 1. The summed E-state index contributed by atoms with van der Waals surface area (Å²) in [5.41, 5.74) is 7.12. The largest absolute Gasteiger partial charge is 0.508 e. The quantitative estimate of drug-likeness (QED) is 0.161. The molecule has 0 radical (unpaired) electrons. The Bertz CT molecular complexity index is 1310. The molecular weight excluding hydrogens is 490 g/mol. The molecule has 3 aromatic rings. The third-order valence-corrected chi connectivity index (χ3v) is 6.94. The molecule has 0 fully saturated rings. The highest BCUT2D eigenvalue weighted by Crippen LogP contribution is 2.57. The van der Waals surface area contributed by atoms with Crippen molar-refractivity contribution in [3.63, 3.8) is 0 Å². The highest BCUT2D eigenvalue weighted by molar-refractivity contribution is 7.80. The van der Waals surface area contributed by atoms with Crippen LogP contribution in [0.2, 0.25) is 0 Å². The minimum atomic E-state index is -1.28. The second-order valence-electron chi connectivity index (χ2n) is 9.23. The molecule has 0 aromatic heterocycles. The molecule has 9 heteroatoms. The molecule has 37 heavy (non-hydrogen) atoms. The number of esters is 1. The Morgan fingerprint density at radius 3 is 2.16 bits per heavy atom. The number of unbranched alkanes of at least 4 members (excludes halogenated alkanes) is 4. The fraction of sp³-hybridized carbons (Fsp3) is 0.286. The number of hydrogen-bond acceptors (Lipinski definition) is 7. The Morgan fingerprint density at radius 1 is 0.865 bits per heavy atom. The molecule has 5 rings (SSSR count). The van der Waals surface area contributed by atoms with Crippen LogP contribution in [-0.4, -0.2) is 34.4 Å². The van der Waals surface area contributed by atoms with Gasteiger partial charge in [-0.2, -0.15) is 0 Å². The lowest BCUT2D eigenvalue weighted by Crippen LogP contribution is -2.33. The monoisotopic (exact) mass is 519 g/mol. The molecule has 2 aliphatic rings. The lowest BCUT2D eigenvalue weighted by atomic mass is 9.77. The van der Waals surface area contributed by atoms with Crippen LogP contribution in [0.5, 0.6) is 23.0 Å². The number of fused-ring (bicyclic) bond motifs is 6. The Morgan fingerprint density at radius 2 is 1.49 bits per heavy atom. The Hall–Kier alpha value is -3.82. The number of ether oxygens (including phenoxy) is 2. The van der Waals surface area contributed by atoms with E-state index < -0.39 is 11.6 Å². The van der Waals surface area contributed by atoms with Gasteiger partial charge in [0.1, 0.15) is 23.0 Å². The van der Waals surface area contributed by atoms with Gasteiger partial charge in [0, 0.05) is 41.1 Å². The third-order valence-electron chi connectivity index (χ3n) is 6.70. The van der Waals surface area contributed by atoms with Crippen LogP contribution >= 0.6 is 12.2 Å². The number of phenolic OH excluding ortho intramolecular Hbond substituents is 2. The standard InChI is InChI=1S/C28H29N3O5S/c29-12-4-2-1-3-5-13-30-27(37)31-17-6-9-21-20(14-17)26(34)36-28(21)22-10-7-18(32)15-24(22)35-25-16-19(33)8-11-23(25)28/h6-11,14-16,32-33H,1-5,12-13,29H2,(H2,30,31,37). The normalized spacial score (nSPS) is 14.2. The van der Waals surface area contributed by atoms with E-state index in [9.17, 15) is 15.0 Å². The average Bonchev–Trinajstić information content (AvgIpc) is 3.15. The zero-order valence-electron chi connectivity index (χ0n) is 20.3. The van der Waals surface area contributed by atoms with Gasteiger partial charge in [-0.3, -0.25) is 0 Å². The summed E-state index contributed by atoms with van der Waals surface area (Å²) in [5.74, 6) is 0.218. The fourth-order valence-corrected chi connectivity index (χ4v) is 5.18. The summed E-state index contributed by atoms with van der Waals surface area (Å²) in [6.07, 6.45) is 5.49. The van der Waals surface area contributed by atoms with Crippen LogP contribution in [0.15, 0.2) is 54.6 Å². The van der Waals surface area contributed by atoms with E-state index >= 15 is 0 Å². The number of aromatic hydroxyl groups is 2. The van der Waals surface area contributed by atoms with Gasteiger partial charge < -0.3 is 36.1 Å². The zero-order chi connectivity index (χ0) is 26.0. The minimum Gasteiger partial charge on any atom is -0.508 e. The maximum absolute atomic E-state index is 13.2. The first kappa shape index (κ1) is 24.9. The summed E-state index contributed by atoms with van der Waals surface area (Å²) in [6.45, 7) is 1.50. The average molecular weight is 520 g/mol. The van der Waals surface area contributed by atoms with Gasteiger partial charge in [0.2, 0.25) is 0 Å². The lowest BCUT2D eigenvalue weighted by Gasteiger charge is -2.36. The molecule has 0 aliphatic carbocycles. The molecule has 2 aliphatic heterocycles. The molecule has 6 N–H and O–H groups in total. The second-order valence-corrected chi connectivity index (χ2v) is 9.64. The van der Waals surface area contributed by atoms with Gasteiger partial charge in [-0.1, -0.05) is 25.3 Å². The Balaban J connectivity index is 1.39. The van der Waals surface area contributed by atoms with Crippen LogP contribution in [-0.2, 0) is 10.3 Å². The van der Waals surface area contributed by atoms with Crippen molar-refractivity contribution in [2.24, 2.45) is 5.73 Å². The maximum Gasteiger partial charge on any atom is 0.340 e. The van der Waals surface area contributed by atoms with Gasteiger partial charge in [0.25, 0.3) is 0 Å². The molecular formula is C28H29N3O5S. The minimum absolute atomic E-state index is 0.0122. The third kappa shape index (κ3) is 4.68. The second kappa shape index (κ2) is 10.3. The Kier molecular flexibility index (Phi) is 6.90. The highest BCUT2D eigenvalue weighted by atomic mass is 32.1. The summed E-state index contributed by atoms with van der Waals surface area (Å²) >= 11 is 5.44. The maximum atomic E-state index is 13.2. The molecule has 3 aromatic carbocycles. The molecule has 0 saturated heterocycles. The molecule has 0 saturated carbocycles. The molecule has 0 amide bonds. The number of rotatable bonds is 8. The number of benzene rings is 3. The van der Waals surface area contributed by atoms with E-state index in [1.807, 2.05) is 12.1 Å². The summed E-state index contributed by atoms with van der Waals surface area (Å²) in [4.78, 5) is 13.2. The van der Waals surface area contributed by atoms with Crippen molar-refractivity contribution in [3.05, 3.63) is 76.9 Å². The predicted molar refractivity (Wildman–Crippen MR) is 144 cm³/mol. The summed E-state index contributed by atoms with van der Waals surface area (Å²) < 4.78 is 12.1. The van der Waals surface area contributed by atoms with Gasteiger partial charge in [-0.15, -0.1) is 0 Å². The van der Waals surface area contributed by atoms with Crippen LogP contribution in [0.25, 0.3) is 0 Å². The fourth-order valence-electron chi connectivity index (χ4n) is 4.96. The number of hydrogen-bond donors (Lipinski definition) is 5. The van der Waals surface area contributed by atoms with E-state index in [0.29, 0.717) is 44.6 Å². The Labute approximate surface area is 220 Å². The smallest absolute Gasteiger partial charge is 0.340 e. The topological polar surface area (TPSA) is 126 Å². The summed E-state index contributed by atoms with van der Waals surface area (Å²) in [7, 11) is 0. The van der Waals surface area contributed by atoms with Crippen LogP contribution in [0.1, 0.15) is 59.2 Å². The van der Waals surface area contributed by atoms with Crippen LogP contribution in [0.3, 0.4) is 0 Å². The number of nitrogens with two attached hydrogens (primary N) is 1. The molecule has 0 atom stereocenters. The lowest BCUT2D eigenvalue weighted by molar-refractivity contribution is 0.0224. The van der Waals surface area contributed by atoms with Crippen molar-refractivity contribution < 1.29 is 24.5 Å². The van der Waals surface area contributed by atoms with E-state index in [2.05, 4.69) is 10.6 Å². The van der Waals surface area contributed by atoms with E-state index in [0.717, 1.165) is 45.2 Å². The van der Waals surface area contributed by atoms with E-state index in [4.69, 9.17) is 27.4 Å². The number of carbonyl (C=O) groups is 1. The number of phenols is 2. The summed E-state index contributed by atoms with van der Waals surface area (Å²) in [5, 5.41) is 26.9. The van der Waals surface area contributed by atoms with Gasteiger partial charge >= 0.3 is 5.97 Å². The predicted octanol–water partition coefficient (Wildman–Crippen LogP) is 4.86. The molecule has 8 nitrogen and oxygen atoms in total. The summed E-state index contributed by atoms with van der Waals surface area (Å²) in [6, 6.07) is 14.8. The molecule has 192 valence electrons. The van der Waals surface area contributed by atoms with Gasteiger partial charge in [0.05, 0.1) is 5.56 Å². The first-order valence-corrected chi connectivity index (χ1v) is 12.8. The van der Waals surface area contributed by atoms with Crippen molar-refractivity contribution in [1.82, 2.24) is 5.32 Å². The van der Waals surface area contributed by atoms with Crippen molar-refractivity contribution in [3.8, 4) is 23.0 Å². The first-order valence-electron chi connectivity index (χ1n) is 12.4. The SMILES string of the molecule is NCCCCCCCNC(=S)Nc1ccc2c(c1)C(=O)OC21c2ccc(O)cc2Oc2cc(O)ccc21. The first-order chi connectivity index (χ1) is 17.9.